The van der Waals surface area contributed by atoms with Gasteiger partial charge in [-0.25, -0.2) is 10.2 Å². The predicted molar refractivity (Wildman–Crippen MR) is 72.4 cm³/mol. The summed E-state index contributed by atoms with van der Waals surface area (Å²) in [7, 11) is 1.12. The van der Waals surface area contributed by atoms with Crippen molar-refractivity contribution < 1.29 is 22.7 Å². The molecule has 2 N–H and O–H groups in total. The van der Waals surface area contributed by atoms with E-state index in [-0.39, 0.29) is 5.84 Å². The van der Waals surface area contributed by atoms with E-state index < -0.39 is 24.2 Å². The van der Waals surface area contributed by atoms with Crippen LogP contribution in [-0.4, -0.2) is 31.1 Å². The second-order valence-electron chi connectivity index (χ2n) is 4.25. The van der Waals surface area contributed by atoms with E-state index in [2.05, 4.69) is 36.5 Å². The van der Waals surface area contributed by atoms with Crippen LogP contribution in [-0.2, 0) is 9.53 Å². The number of methoxy groups -OCH3 is 1. The highest BCUT2D eigenvalue weighted by atomic mass is 79.9. The summed E-state index contributed by atoms with van der Waals surface area (Å²) in [5.41, 5.74) is 4.53. The SMILES string of the molecule is COC(=O)C1=N[C@@H](c2ccc(Br)cc2)[C@H](C(F)(F)F)NN1. The third-order valence-electron chi connectivity index (χ3n) is 2.87. The van der Waals surface area contributed by atoms with Gasteiger partial charge in [0, 0.05) is 4.47 Å². The fourth-order valence-electron chi connectivity index (χ4n) is 1.86. The van der Waals surface area contributed by atoms with Gasteiger partial charge in [0.05, 0.1) is 7.11 Å². The smallest absolute Gasteiger partial charge is 0.408 e. The number of alkyl halides is 3. The van der Waals surface area contributed by atoms with Crippen LogP contribution in [0.3, 0.4) is 0 Å². The number of amidine groups is 1. The first-order chi connectivity index (χ1) is 9.82. The summed E-state index contributed by atoms with van der Waals surface area (Å²) in [6, 6.07) is 3.01. The zero-order valence-electron chi connectivity index (χ0n) is 10.7. The zero-order chi connectivity index (χ0) is 15.6. The molecule has 0 bridgehead atoms. The standard InChI is InChI=1S/C12H11BrF3N3O2/c1-21-11(20)10-17-8(6-2-4-7(13)5-3-6)9(18-19-10)12(14,15)16/h2-5,8-9,18H,1H3,(H,17,19)/t8-,9+/m0/s1. The first kappa shape index (κ1) is 15.8. The lowest BCUT2D eigenvalue weighted by molar-refractivity contribution is -0.164. The summed E-state index contributed by atoms with van der Waals surface area (Å²) < 4.78 is 44.4. The van der Waals surface area contributed by atoms with Crippen LogP contribution in [0.2, 0.25) is 0 Å². The highest BCUT2D eigenvalue weighted by Gasteiger charge is 2.48. The monoisotopic (exact) mass is 365 g/mol. The quantitative estimate of drug-likeness (QED) is 0.788. The molecule has 0 aliphatic carbocycles. The molecular weight excluding hydrogens is 355 g/mol. The molecule has 0 radical (unpaired) electrons. The third kappa shape index (κ3) is 3.53. The topological polar surface area (TPSA) is 62.7 Å². The van der Waals surface area contributed by atoms with Gasteiger partial charge in [-0.3, -0.25) is 10.4 Å². The van der Waals surface area contributed by atoms with Gasteiger partial charge in [0.25, 0.3) is 0 Å². The van der Waals surface area contributed by atoms with Crippen LogP contribution in [0.25, 0.3) is 0 Å². The van der Waals surface area contributed by atoms with Crippen molar-refractivity contribution in [3.8, 4) is 0 Å². The number of carbonyl (C=O) groups excluding carboxylic acids is 1. The molecule has 114 valence electrons. The number of hydrogen-bond donors (Lipinski definition) is 2. The van der Waals surface area contributed by atoms with E-state index in [1.165, 1.54) is 12.1 Å². The number of rotatable bonds is 2. The molecule has 5 nitrogen and oxygen atoms in total. The molecule has 1 aromatic rings. The minimum atomic E-state index is -4.53. The van der Waals surface area contributed by atoms with Crippen LogP contribution in [0.5, 0.6) is 0 Å². The summed E-state index contributed by atoms with van der Waals surface area (Å²) in [4.78, 5) is 15.2. The number of halogens is 4. The number of nitrogens with zero attached hydrogens (tertiary/aromatic N) is 1. The van der Waals surface area contributed by atoms with Gasteiger partial charge in [0.1, 0.15) is 12.1 Å². The summed E-state index contributed by atoms with van der Waals surface area (Å²) in [5.74, 6) is -1.14. The number of esters is 1. The molecule has 1 heterocycles. The Labute approximate surface area is 126 Å². The second-order valence-corrected chi connectivity index (χ2v) is 5.17. The van der Waals surface area contributed by atoms with Crippen molar-refractivity contribution in [3.63, 3.8) is 0 Å². The number of carbonyl (C=O) groups is 1. The van der Waals surface area contributed by atoms with E-state index in [9.17, 15) is 18.0 Å². The van der Waals surface area contributed by atoms with E-state index in [0.717, 1.165) is 11.6 Å². The first-order valence-electron chi connectivity index (χ1n) is 5.82. The van der Waals surface area contributed by atoms with Gasteiger partial charge in [-0.15, -0.1) is 0 Å². The lowest BCUT2D eigenvalue weighted by atomic mass is 9.99. The average Bonchev–Trinajstić information content (AvgIpc) is 2.45. The van der Waals surface area contributed by atoms with Crippen LogP contribution in [0.4, 0.5) is 13.2 Å². The molecule has 0 amide bonds. The van der Waals surface area contributed by atoms with Crippen LogP contribution < -0.4 is 10.9 Å². The van der Waals surface area contributed by atoms with Gasteiger partial charge in [0.2, 0.25) is 5.84 Å². The molecule has 0 saturated carbocycles. The van der Waals surface area contributed by atoms with Crippen molar-refractivity contribution in [2.75, 3.05) is 7.11 Å². The van der Waals surface area contributed by atoms with Crippen LogP contribution >= 0.6 is 15.9 Å². The maximum atomic E-state index is 13.1. The third-order valence-corrected chi connectivity index (χ3v) is 3.40. The number of aliphatic imine (C=N–C) groups is 1. The molecule has 0 saturated heterocycles. The van der Waals surface area contributed by atoms with Crippen LogP contribution in [0, 0.1) is 0 Å². The van der Waals surface area contributed by atoms with E-state index in [1.807, 2.05) is 0 Å². The maximum absolute atomic E-state index is 13.1. The van der Waals surface area contributed by atoms with Crippen LogP contribution in [0.1, 0.15) is 11.6 Å². The van der Waals surface area contributed by atoms with Gasteiger partial charge in [0.15, 0.2) is 0 Å². The number of hydrogen-bond acceptors (Lipinski definition) is 5. The zero-order valence-corrected chi connectivity index (χ0v) is 12.3. The molecule has 2 atom stereocenters. The van der Waals surface area contributed by atoms with Gasteiger partial charge in [-0.05, 0) is 17.7 Å². The van der Waals surface area contributed by atoms with E-state index in [4.69, 9.17) is 0 Å². The summed E-state index contributed by atoms with van der Waals surface area (Å²) in [6.45, 7) is 0. The Morgan fingerprint density at radius 1 is 1.33 bits per heavy atom. The minimum absolute atomic E-state index is 0.300. The minimum Gasteiger partial charge on any atom is -0.463 e. The summed E-state index contributed by atoms with van der Waals surface area (Å²) in [5, 5.41) is 0. The summed E-state index contributed by atoms with van der Waals surface area (Å²) in [6.07, 6.45) is -4.53. The van der Waals surface area contributed by atoms with E-state index >= 15 is 0 Å². The molecule has 0 spiro atoms. The van der Waals surface area contributed by atoms with Crippen molar-refractivity contribution in [1.29, 1.82) is 0 Å². The molecular formula is C12H11BrF3N3O2. The lowest BCUT2D eigenvalue weighted by Crippen LogP contribution is -2.59. The average molecular weight is 366 g/mol. The fourth-order valence-corrected chi connectivity index (χ4v) is 2.12. The second kappa shape index (κ2) is 6.02. The Balaban J connectivity index is 2.41. The number of nitrogens with one attached hydrogen (secondary N) is 2. The molecule has 1 aromatic carbocycles. The van der Waals surface area contributed by atoms with Crippen molar-refractivity contribution in [3.05, 3.63) is 34.3 Å². The van der Waals surface area contributed by atoms with Gasteiger partial charge in [-0.2, -0.15) is 13.2 Å². The van der Waals surface area contributed by atoms with Gasteiger partial charge in [-0.1, -0.05) is 28.1 Å². The van der Waals surface area contributed by atoms with Crippen molar-refractivity contribution in [2.45, 2.75) is 18.3 Å². The molecule has 21 heavy (non-hydrogen) atoms. The molecule has 0 aromatic heterocycles. The normalized spacial score (nSPS) is 22.2. The van der Waals surface area contributed by atoms with Gasteiger partial charge >= 0.3 is 12.1 Å². The Hall–Kier alpha value is -1.61. The molecule has 1 aliphatic rings. The number of ether oxygens (including phenoxy) is 1. The van der Waals surface area contributed by atoms with E-state index in [1.54, 1.807) is 12.1 Å². The summed E-state index contributed by atoms with van der Waals surface area (Å²) >= 11 is 3.21. The van der Waals surface area contributed by atoms with Gasteiger partial charge < -0.3 is 4.74 Å². The van der Waals surface area contributed by atoms with Crippen LogP contribution in [0.15, 0.2) is 33.7 Å². The van der Waals surface area contributed by atoms with Crippen molar-refractivity contribution >= 4 is 27.7 Å². The van der Waals surface area contributed by atoms with Crippen molar-refractivity contribution in [1.82, 2.24) is 10.9 Å². The first-order valence-corrected chi connectivity index (χ1v) is 6.62. The molecule has 0 unspecified atom stereocenters. The highest BCUT2D eigenvalue weighted by Crippen LogP contribution is 2.34. The fraction of sp³-hybridized carbons (Fsp3) is 0.333. The Bertz CT molecular complexity index is 560. The largest absolute Gasteiger partial charge is 0.463 e. The molecule has 9 heteroatoms. The van der Waals surface area contributed by atoms with Crippen molar-refractivity contribution in [2.24, 2.45) is 4.99 Å². The molecule has 1 aliphatic heterocycles. The van der Waals surface area contributed by atoms with E-state index in [0.29, 0.717) is 5.56 Å². The maximum Gasteiger partial charge on any atom is 0.408 e. The Morgan fingerprint density at radius 2 is 1.95 bits per heavy atom. The highest BCUT2D eigenvalue weighted by molar-refractivity contribution is 9.10. The Morgan fingerprint density at radius 3 is 2.48 bits per heavy atom. The predicted octanol–water partition coefficient (Wildman–Crippen LogP) is 2.10. The number of hydrazine groups is 1. The molecule has 2 rings (SSSR count). The number of benzene rings is 1. The Kier molecular flexibility index (Phi) is 4.52. The lowest BCUT2D eigenvalue weighted by Gasteiger charge is -2.32. The molecule has 0 fully saturated rings.